The average molecular weight is 621 g/mol. The van der Waals surface area contributed by atoms with Crippen LogP contribution in [0.15, 0.2) is 95.9 Å². The maximum atomic E-state index is 2.31. The van der Waals surface area contributed by atoms with Crippen molar-refractivity contribution >= 4 is 106 Å². The van der Waals surface area contributed by atoms with E-state index in [0.29, 0.717) is 10.5 Å². The minimum Gasteiger partial charge on any atom is -0.145 e. The van der Waals surface area contributed by atoms with Gasteiger partial charge in [0, 0.05) is 22.0 Å². The van der Waals surface area contributed by atoms with Crippen molar-refractivity contribution in [3.63, 3.8) is 0 Å². The van der Waals surface area contributed by atoms with Crippen molar-refractivity contribution in [3.8, 4) is 0 Å². The Morgan fingerprint density at radius 1 is 0.457 bits per heavy atom. The Balaban J connectivity index is 1.11. The van der Waals surface area contributed by atoms with Crippen molar-refractivity contribution in [2.45, 2.75) is 23.3 Å². The molecular formula is C26H20S9. The largest absolute Gasteiger partial charge is 0.145 e. The molecule has 1 saturated heterocycles. The second-order valence-corrected chi connectivity index (χ2v) is 19.8. The van der Waals surface area contributed by atoms with Crippen LogP contribution in [0, 0.1) is 0 Å². The standard InChI is InChI=1S/C26H20S9/c1-3-7-15(8-4-1)18-13-17(14-19(29-18)16-9-5-2-6-10-16)20-30-23-24(31-20)35-26(34-23)25-32-21-22(33-25)28-12-11-27-21/h1-10,18-19H,11-14H2. The smallest absolute Gasteiger partial charge is 0.0718 e. The normalized spacial score (nSPS) is 26.6. The maximum Gasteiger partial charge on any atom is 0.0718 e. The quantitative estimate of drug-likeness (QED) is 0.319. The molecule has 178 valence electrons. The highest BCUT2D eigenvalue weighted by Crippen LogP contribution is 2.72. The minimum absolute atomic E-state index is 0.519. The molecule has 5 heterocycles. The molecule has 2 aromatic carbocycles. The molecule has 0 amide bonds. The van der Waals surface area contributed by atoms with Gasteiger partial charge in [-0.3, -0.25) is 0 Å². The van der Waals surface area contributed by atoms with Crippen molar-refractivity contribution in [1.29, 1.82) is 0 Å². The van der Waals surface area contributed by atoms with E-state index in [4.69, 9.17) is 0 Å². The van der Waals surface area contributed by atoms with Crippen LogP contribution in [-0.2, 0) is 0 Å². The van der Waals surface area contributed by atoms with E-state index in [1.165, 1.54) is 39.6 Å². The Hall–Kier alpha value is 0.550. The molecule has 7 rings (SSSR count). The lowest BCUT2D eigenvalue weighted by molar-refractivity contribution is 0.769. The monoisotopic (exact) mass is 620 g/mol. The zero-order valence-corrected chi connectivity index (χ0v) is 25.8. The molecule has 1 fully saturated rings. The summed E-state index contributed by atoms with van der Waals surface area (Å²) in [4.78, 5) is 0. The van der Waals surface area contributed by atoms with Crippen LogP contribution in [0.2, 0.25) is 0 Å². The lowest BCUT2D eigenvalue weighted by Gasteiger charge is -2.32. The van der Waals surface area contributed by atoms with Crippen molar-refractivity contribution < 1.29 is 0 Å². The number of allylic oxidation sites excluding steroid dienone is 1. The molecule has 0 aliphatic carbocycles. The van der Waals surface area contributed by atoms with Crippen LogP contribution in [0.3, 0.4) is 0 Å². The van der Waals surface area contributed by atoms with Gasteiger partial charge in [-0.05, 0) is 29.5 Å². The summed E-state index contributed by atoms with van der Waals surface area (Å²) in [5, 5.41) is 1.04. The predicted octanol–water partition coefficient (Wildman–Crippen LogP) is 11.5. The second kappa shape index (κ2) is 11.0. The van der Waals surface area contributed by atoms with Crippen LogP contribution < -0.4 is 0 Å². The molecule has 9 heteroatoms. The van der Waals surface area contributed by atoms with E-state index in [0.717, 1.165) is 12.8 Å². The summed E-state index contributed by atoms with van der Waals surface area (Å²) in [5.74, 6) is 2.51. The van der Waals surface area contributed by atoms with Crippen molar-refractivity contribution in [1.82, 2.24) is 0 Å². The van der Waals surface area contributed by atoms with Gasteiger partial charge in [-0.25, -0.2) is 0 Å². The average Bonchev–Trinajstić information content (AvgIpc) is 3.63. The number of rotatable bonds is 2. The molecule has 2 unspecified atom stereocenters. The molecule has 35 heavy (non-hydrogen) atoms. The highest BCUT2D eigenvalue weighted by molar-refractivity contribution is 8.49. The van der Waals surface area contributed by atoms with Gasteiger partial charge in [0.1, 0.15) is 0 Å². The van der Waals surface area contributed by atoms with E-state index in [1.807, 2.05) is 94.1 Å². The summed E-state index contributed by atoms with van der Waals surface area (Å²) in [6, 6.07) is 22.3. The van der Waals surface area contributed by atoms with E-state index in [1.54, 1.807) is 18.3 Å². The molecule has 0 saturated carbocycles. The Bertz CT molecular complexity index is 1180. The molecule has 0 radical (unpaired) electrons. The maximum absolute atomic E-state index is 2.31. The Morgan fingerprint density at radius 3 is 1.31 bits per heavy atom. The van der Waals surface area contributed by atoms with Crippen molar-refractivity contribution in [2.24, 2.45) is 0 Å². The Labute approximate surface area is 245 Å². The summed E-state index contributed by atoms with van der Waals surface area (Å²) < 4.78 is 10.7. The van der Waals surface area contributed by atoms with Gasteiger partial charge >= 0.3 is 0 Å². The van der Waals surface area contributed by atoms with Crippen LogP contribution >= 0.6 is 106 Å². The van der Waals surface area contributed by atoms with E-state index in [-0.39, 0.29) is 0 Å². The van der Waals surface area contributed by atoms with Gasteiger partial charge in [-0.1, -0.05) is 131 Å². The van der Waals surface area contributed by atoms with Gasteiger partial charge in [-0.15, -0.1) is 35.3 Å². The SMILES string of the molecule is c1ccc(C2CC(=C3SC4=C(S3)SC(=C3SC5=C(SCCS5)S3)S4)CC(c3ccccc3)S2)cc1. The summed E-state index contributed by atoms with van der Waals surface area (Å²) in [7, 11) is 0. The van der Waals surface area contributed by atoms with E-state index < -0.39 is 0 Å². The predicted molar refractivity (Wildman–Crippen MR) is 174 cm³/mol. The molecule has 2 atom stereocenters. The number of thioether (sulfide) groups is 9. The molecule has 0 nitrogen and oxygen atoms in total. The highest BCUT2D eigenvalue weighted by atomic mass is 32.3. The molecule has 5 aliphatic rings. The van der Waals surface area contributed by atoms with Crippen molar-refractivity contribution in [3.05, 3.63) is 107 Å². The fourth-order valence-corrected chi connectivity index (χ4v) is 18.7. The van der Waals surface area contributed by atoms with Crippen LogP contribution in [0.5, 0.6) is 0 Å². The van der Waals surface area contributed by atoms with E-state index in [9.17, 15) is 0 Å². The van der Waals surface area contributed by atoms with Gasteiger partial charge in [0.25, 0.3) is 0 Å². The van der Waals surface area contributed by atoms with Gasteiger partial charge < -0.3 is 0 Å². The molecule has 5 aliphatic heterocycles. The van der Waals surface area contributed by atoms with Gasteiger partial charge in [0.15, 0.2) is 0 Å². The lowest BCUT2D eigenvalue weighted by atomic mass is 9.98. The van der Waals surface area contributed by atoms with Gasteiger partial charge in [0.2, 0.25) is 0 Å². The summed E-state index contributed by atoms with van der Waals surface area (Å²) >= 11 is 18.4. The fraction of sp³-hybridized carbons (Fsp3) is 0.231. The number of hydrogen-bond acceptors (Lipinski definition) is 9. The molecular weight excluding hydrogens is 601 g/mol. The second-order valence-electron chi connectivity index (χ2n) is 8.27. The molecule has 2 aromatic rings. The van der Waals surface area contributed by atoms with Crippen LogP contribution in [0.1, 0.15) is 34.5 Å². The zero-order chi connectivity index (χ0) is 23.2. The summed E-state index contributed by atoms with van der Waals surface area (Å²) in [5.41, 5.74) is 4.58. The van der Waals surface area contributed by atoms with E-state index >= 15 is 0 Å². The van der Waals surface area contributed by atoms with E-state index in [2.05, 4.69) is 72.4 Å². The third kappa shape index (κ3) is 5.24. The van der Waals surface area contributed by atoms with Crippen LogP contribution in [0.4, 0.5) is 0 Å². The Morgan fingerprint density at radius 2 is 0.857 bits per heavy atom. The topological polar surface area (TPSA) is 0 Å². The number of hydrogen-bond donors (Lipinski definition) is 0. The minimum atomic E-state index is 0.519. The first kappa shape index (κ1) is 24.6. The molecule has 0 spiro atoms. The summed E-state index contributed by atoms with van der Waals surface area (Å²) in [6.07, 6.45) is 2.32. The number of benzene rings is 2. The Kier molecular flexibility index (Phi) is 7.70. The highest BCUT2D eigenvalue weighted by Gasteiger charge is 2.38. The zero-order valence-electron chi connectivity index (χ0n) is 18.4. The third-order valence-corrected chi connectivity index (χ3v) is 19.6. The van der Waals surface area contributed by atoms with Crippen LogP contribution in [-0.4, -0.2) is 11.5 Å². The lowest BCUT2D eigenvalue weighted by Crippen LogP contribution is -2.10. The summed E-state index contributed by atoms with van der Waals surface area (Å²) in [6.45, 7) is 0. The first-order valence-corrected chi connectivity index (χ1v) is 19.1. The first-order valence-electron chi connectivity index (χ1n) is 11.3. The fourth-order valence-electron chi connectivity index (χ4n) is 4.34. The first-order chi connectivity index (χ1) is 17.3. The van der Waals surface area contributed by atoms with Crippen LogP contribution in [0.25, 0.3) is 0 Å². The molecule has 0 aromatic heterocycles. The molecule has 0 bridgehead atoms. The van der Waals surface area contributed by atoms with Crippen molar-refractivity contribution in [2.75, 3.05) is 11.5 Å². The van der Waals surface area contributed by atoms with Gasteiger partial charge in [0.05, 0.1) is 29.7 Å². The van der Waals surface area contributed by atoms with Gasteiger partial charge in [-0.2, -0.15) is 0 Å². The molecule has 0 N–H and O–H groups in total. The third-order valence-electron chi connectivity index (χ3n) is 5.99.